The lowest BCUT2D eigenvalue weighted by Crippen LogP contribution is -2.16. The number of pyridine rings is 2. The van der Waals surface area contributed by atoms with E-state index in [1.54, 1.807) is 6.07 Å². The zero-order chi connectivity index (χ0) is 21.2. The van der Waals surface area contributed by atoms with Crippen LogP contribution in [0, 0.1) is 22.7 Å². The molecule has 0 bridgehead atoms. The predicted octanol–water partition coefficient (Wildman–Crippen LogP) is 3.57. The molecule has 10 heteroatoms. The fourth-order valence-corrected chi connectivity index (χ4v) is 2.62. The first-order valence-electron chi connectivity index (χ1n) is 7.92. The molecule has 0 saturated carbocycles. The number of rotatable bonds is 3. The molecule has 1 aromatic carbocycles. The molecular weight excluding hydrogens is 387 g/mol. The van der Waals surface area contributed by atoms with E-state index in [4.69, 9.17) is 10.5 Å². The molecule has 3 N–H and O–H groups in total. The number of nitrogens with one attached hydrogen (secondary N) is 1. The third-order valence-electron chi connectivity index (χ3n) is 3.90. The maximum atomic E-state index is 13.1. The molecule has 2 aromatic heterocycles. The molecule has 3 aromatic rings. The van der Waals surface area contributed by atoms with Crippen molar-refractivity contribution in [1.82, 2.24) is 9.97 Å². The highest BCUT2D eigenvalue weighted by Gasteiger charge is 2.35. The molecule has 0 aliphatic rings. The van der Waals surface area contributed by atoms with Crippen LogP contribution in [0.1, 0.15) is 16.7 Å². The molecule has 0 aliphatic carbocycles. The van der Waals surface area contributed by atoms with Crippen LogP contribution in [-0.4, -0.2) is 9.97 Å². The molecule has 0 radical (unpaired) electrons. The number of nitriles is 2. The third-order valence-corrected chi connectivity index (χ3v) is 3.90. The molecule has 0 atom stereocenters. The van der Waals surface area contributed by atoms with E-state index in [9.17, 15) is 28.5 Å². The Hall–Kier alpha value is -4.31. The Kier molecular flexibility index (Phi) is 4.94. The molecular formula is C19H10F3N5O2. The molecule has 29 heavy (non-hydrogen) atoms. The summed E-state index contributed by atoms with van der Waals surface area (Å²) in [6.07, 6.45) is -3.48. The van der Waals surface area contributed by atoms with Crippen molar-refractivity contribution in [3.8, 4) is 34.9 Å². The number of benzene rings is 1. The summed E-state index contributed by atoms with van der Waals surface area (Å²) in [5, 5.41) is 18.6. The number of aromatic amines is 1. The van der Waals surface area contributed by atoms with Gasteiger partial charge in [0.15, 0.2) is 0 Å². The van der Waals surface area contributed by atoms with Gasteiger partial charge in [0, 0.05) is 11.8 Å². The number of nitrogen functional groups attached to an aromatic ring is 1. The van der Waals surface area contributed by atoms with Gasteiger partial charge in [0.05, 0.1) is 0 Å². The number of H-pyrrole nitrogens is 1. The molecule has 0 unspecified atom stereocenters. The number of hydrogen-bond donors (Lipinski definition) is 2. The second-order valence-electron chi connectivity index (χ2n) is 5.70. The van der Waals surface area contributed by atoms with E-state index in [-0.39, 0.29) is 28.3 Å². The maximum absolute atomic E-state index is 13.1. The van der Waals surface area contributed by atoms with Crippen molar-refractivity contribution in [2.75, 3.05) is 5.73 Å². The summed E-state index contributed by atoms with van der Waals surface area (Å²) in [7, 11) is 0. The number of hydrogen-bond acceptors (Lipinski definition) is 6. The van der Waals surface area contributed by atoms with Crippen molar-refractivity contribution in [2.24, 2.45) is 0 Å². The van der Waals surface area contributed by atoms with Crippen LogP contribution < -0.4 is 16.0 Å². The lowest BCUT2D eigenvalue weighted by molar-refractivity contribution is -0.138. The molecule has 0 saturated heterocycles. The molecule has 0 spiro atoms. The predicted molar refractivity (Wildman–Crippen MR) is 95.7 cm³/mol. The van der Waals surface area contributed by atoms with Gasteiger partial charge < -0.3 is 15.5 Å². The second kappa shape index (κ2) is 7.37. The Balaban J connectivity index is 2.04. The molecule has 0 fully saturated rings. The molecule has 144 valence electrons. The molecule has 0 amide bonds. The lowest BCUT2D eigenvalue weighted by Gasteiger charge is -2.13. The van der Waals surface area contributed by atoms with Crippen LogP contribution in [0.3, 0.4) is 0 Å². The minimum absolute atomic E-state index is 0.0246. The topological polar surface area (TPSA) is 129 Å². The van der Waals surface area contributed by atoms with Crippen molar-refractivity contribution >= 4 is 5.82 Å². The lowest BCUT2D eigenvalue weighted by atomic mass is 9.96. The van der Waals surface area contributed by atoms with Gasteiger partial charge >= 0.3 is 6.18 Å². The minimum atomic E-state index is -4.64. The van der Waals surface area contributed by atoms with Crippen LogP contribution in [-0.2, 0) is 6.18 Å². The summed E-state index contributed by atoms with van der Waals surface area (Å²) in [6, 6.07) is 11.0. The van der Waals surface area contributed by atoms with Crippen molar-refractivity contribution in [2.45, 2.75) is 6.18 Å². The Morgan fingerprint density at radius 3 is 2.31 bits per heavy atom. The van der Waals surface area contributed by atoms with Gasteiger partial charge in [-0.3, -0.25) is 4.79 Å². The third kappa shape index (κ3) is 3.73. The summed E-state index contributed by atoms with van der Waals surface area (Å²) < 4.78 is 44.4. The van der Waals surface area contributed by atoms with E-state index in [0.717, 1.165) is 18.3 Å². The SMILES string of the molecule is N#Cc1c(N)[nH]c(=O)c(C#N)c1-c1ccc(Oc2ncccc2C(F)(F)F)cc1. The summed E-state index contributed by atoms with van der Waals surface area (Å²) in [4.78, 5) is 17.8. The van der Waals surface area contributed by atoms with Crippen molar-refractivity contribution in [3.63, 3.8) is 0 Å². The highest BCUT2D eigenvalue weighted by Crippen LogP contribution is 2.37. The van der Waals surface area contributed by atoms with E-state index in [0.29, 0.717) is 5.56 Å². The largest absolute Gasteiger partial charge is 0.438 e. The van der Waals surface area contributed by atoms with E-state index in [1.165, 1.54) is 24.3 Å². The standard InChI is InChI=1S/C19H10F3N5O2/c20-19(21,22)14-2-1-7-26-18(14)29-11-5-3-10(4-6-11)15-12(8-23)16(25)27-17(28)13(15)9-24/h1-7H,(H3,25,27,28). The number of aromatic nitrogens is 2. The molecule has 7 nitrogen and oxygen atoms in total. The van der Waals surface area contributed by atoms with Gasteiger partial charge in [-0.25, -0.2) is 4.98 Å². The monoisotopic (exact) mass is 397 g/mol. The quantitative estimate of drug-likeness (QED) is 0.695. The van der Waals surface area contributed by atoms with Gasteiger partial charge in [-0.15, -0.1) is 0 Å². The van der Waals surface area contributed by atoms with Gasteiger partial charge in [-0.05, 0) is 29.8 Å². The van der Waals surface area contributed by atoms with Crippen molar-refractivity contribution < 1.29 is 17.9 Å². The number of ether oxygens (including phenoxy) is 1. The van der Waals surface area contributed by atoms with Gasteiger partial charge in [0.1, 0.15) is 40.4 Å². The first-order valence-corrected chi connectivity index (χ1v) is 7.92. The van der Waals surface area contributed by atoms with E-state index in [1.807, 2.05) is 6.07 Å². The minimum Gasteiger partial charge on any atom is -0.438 e. The Morgan fingerprint density at radius 2 is 1.72 bits per heavy atom. The summed E-state index contributed by atoms with van der Waals surface area (Å²) >= 11 is 0. The van der Waals surface area contributed by atoms with Crippen LogP contribution >= 0.6 is 0 Å². The van der Waals surface area contributed by atoms with E-state index >= 15 is 0 Å². The smallest absolute Gasteiger partial charge is 0.421 e. The van der Waals surface area contributed by atoms with E-state index in [2.05, 4.69) is 9.97 Å². The first kappa shape index (κ1) is 19.5. The van der Waals surface area contributed by atoms with Crippen LogP contribution in [0.4, 0.5) is 19.0 Å². The average Bonchev–Trinajstić information content (AvgIpc) is 2.68. The van der Waals surface area contributed by atoms with Crippen LogP contribution in [0.25, 0.3) is 11.1 Å². The average molecular weight is 397 g/mol. The highest BCUT2D eigenvalue weighted by molar-refractivity contribution is 5.80. The Morgan fingerprint density at radius 1 is 1.07 bits per heavy atom. The number of anilines is 1. The first-order chi connectivity index (χ1) is 13.8. The van der Waals surface area contributed by atoms with Gasteiger partial charge in [0.25, 0.3) is 5.56 Å². The van der Waals surface area contributed by atoms with Gasteiger partial charge in [-0.2, -0.15) is 23.7 Å². The zero-order valence-electron chi connectivity index (χ0n) is 14.4. The fourth-order valence-electron chi connectivity index (χ4n) is 2.62. The van der Waals surface area contributed by atoms with Crippen LogP contribution in [0.2, 0.25) is 0 Å². The van der Waals surface area contributed by atoms with Gasteiger partial charge in [0.2, 0.25) is 5.88 Å². The summed E-state index contributed by atoms with van der Waals surface area (Å²) in [6.45, 7) is 0. The number of halogens is 3. The highest BCUT2D eigenvalue weighted by atomic mass is 19.4. The van der Waals surface area contributed by atoms with Gasteiger partial charge in [-0.1, -0.05) is 12.1 Å². The molecule has 2 heterocycles. The van der Waals surface area contributed by atoms with Crippen LogP contribution in [0.15, 0.2) is 47.4 Å². The normalized spacial score (nSPS) is 10.8. The number of nitrogens with zero attached hydrogens (tertiary/aromatic N) is 3. The van der Waals surface area contributed by atoms with Crippen molar-refractivity contribution in [1.29, 1.82) is 10.5 Å². The van der Waals surface area contributed by atoms with Crippen LogP contribution in [0.5, 0.6) is 11.6 Å². The molecule has 0 aliphatic heterocycles. The second-order valence-corrected chi connectivity index (χ2v) is 5.70. The fraction of sp³-hybridized carbons (Fsp3) is 0.0526. The van der Waals surface area contributed by atoms with Crippen molar-refractivity contribution in [3.05, 3.63) is 69.6 Å². The van der Waals surface area contributed by atoms with E-state index < -0.39 is 23.2 Å². The summed E-state index contributed by atoms with van der Waals surface area (Å²) in [5.74, 6) is -0.786. The Labute approximate surface area is 161 Å². The Bertz CT molecular complexity index is 1220. The molecule has 3 rings (SSSR count). The number of nitrogens with two attached hydrogens (primary N) is 1. The zero-order valence-corrected chi connectivity index (χ0v) is 14.4. The maximum Gasteiger partial charge on any atom is 0.421 e. The summed E-state index contributed by atoms with van der Waals surface area (Å²) in [5.41, 5.74) is 3.76. The number of alkyl halides is 3.